The largest absolute Gasteiger partial charge is 1.00 e. The monoisotopic (exact) mass is 355 g/mol. The van der Waals surface area contributed by atoms with E-state index < -0.39 is 24.1 Å². The maximum atomic E-state index is 10.6. The van der Waals surface area contributed by atoms with Gasteiger partial charge in [-0.15, -0.1) is 0 Å². The Morgan fingerprint density at radius 2 is 1.00 bits per heavy atom. The number of benzene rings is 2. The molecule has 25 heavy (non-hydrogen) atoms. The predicted molar refractivity (Wildman–Crippen MR) is 87.7 cm³/mol. The molecule has 7 heteroatoms. The first-order valence-corrected chi connectivity index (χ1v) is 7.12. The molecular formula is C18H20NaO6+. The van der Waals surface area contributed by atoms with Gasteiger partial charge in [0, 0.05) is 14.2 Å². The van der Waals surface area contributed by atoms with Crippen LogP contribution >= 0.6 is 0 Å². The molecule has 2 rings (SSSR count). The summed E-state index contributed by atoms with van der Waals surface area (Å²) in [5.41, 5.74) is 1.32. The van der Waals surface area contributed by atoms with Gasteiger partial charge in [0.1, 0.15) is 0 Å². The molecule has 0 aliphatic rings. The molecule has 128 valence electrons. The van der Waals surface area contributed by atoms with Crippen LogP contribution < -0.4 is 29.6 Å². The van der Waals surface area contributed by atoms with Crippen molar-refractivity contribution >= 4 is 11.9 Å². The smallest absolute Gasteiger partial charge is 0.479 e. The van der Waals surface area contributed by atoms with E-state index in [0.29, 0.717) is 11.1 Å². The van der Waals surface area contributed by atoms with Gasteiger partial charge in [-0.2, -0.15) is 0 Å². The third-order valence-corrected chi connectivity index (χ3v) is 3.12. The van der Waals surface area contributed by atoms with Gasteiger partial charge >= 0.3 is 41.5 Å². The van der Waals surface area contributed by atoms with Crippen LogP contribution in [0.1, 0.15) is 23.3 Å². The van der Waals surface area contributed by atoms with Gasteiger partial charge in [0.05, 0.1) is 0 Å². The summed E-state index contributed by atoms with van der Waals surface area (Å²) in [6.07, 6.45) is -1.71. The zero-order valence-electron chi connectivity index (χ0n) is 14.5. The van der Waals surface area contributed by atoms with Crippen molar-refractivity contribution in [2.75, 3.05) is 14.2 Å². The van der Waals surface area contributed by atoms with Gasteiger partial charge in [0.25, 0.3) is 0 Å². The summed E-state index contributed by atoms with van der Waals surface area (Å²) in [7, 11) is 2.76. The molecule has 2 N–H and O–H groups in total. The molecule has 6 nitrogen and oxygen atoms in total. The summed E-state index contributed by atoms with van der Waals surface area (Å²) in [6, 6.07) is 17.7. The maximum absolute atomic E-state index is 10.6. The summed E-state index contributed by atoms with van der Waals surface area (Å²) in [4.78, 5) is 21.2. The van der Waals surface area contributed by atoms with Crippen molar-refractivity contribution in [1.82, 2.24) is 0 Å². The van der Waals surface area contributed by atoms with E-state index in [2.05, 4.69) is 0 Å². The van der Waals surface area contributed by atoms with Gasteiger partial charge in [-0.25, -0.2) is 9.59 Å². The number of hydrogen-bond donors (Lipinski definition) is 2. The fourth-order valence-electron chi connectivity index (χ4n) is 2.01. The Balaban J connectivity index is 0.000000443. The number of carbonyl (C=O) groups is 2. The number of ether oxygens (including phenoxy) is 2. The Labute approximate surface area is 168 Å². The SMILES string of the molecule is COC(C(=O)O)c1ccccc1.COC(C(=O)O)c1ccccc1.[Na+]. The minimum Gasteiger partial charge on any atom is -0.479 e. The molecule has 2 aromatic rings. The van der Waals surface area contributed by atoms with E-state index in [4.69, 9.17) is 19.7 Å². The van der Waals surface area contributed by atoms with Crippen LogP contribution in [0.15, 0.2) is 60.7 Å². The summed E-state index contributed by atoms with van der Waals surface area (Å²) >= 11 is 0. The molecule has 0 radical (unpaired) electrons. The van der Waals surface area contributed by atoms with Crippen molar-refractivity contribution < 1.29 is 58.8 Å². The van der Waals surface area contributed by atoms with Crippen LogP contribution in [-0.4, -0.2) is 36.4 Å². The van der Waals surface area contributed by atoms with Crippen LogP contribution in [-0.2, 0) is 19.1 Å². The van der Waals surface area contributed by atoms with E-state index >= 15 is 0 Å². The average Bonchev–Trinajstić information content (AvgIpc) is 2.58. The molecular weight excluding hydrogens is 335 g/mol. The first kappa shape index (κ1) is 23.3. The molecule has 0 fully saturated rings. The first-order chi connectivity index (χ1) is 11.5. The predicted octanol–water partition coefficient (Wildman–Crippen LogP) is -0.0786. The molecule has 0 saturated heterocycles. The molecule has 0 spiro atoms. The van der Waals surface area contributed by atoms with Gasteiger partial charge in [-0.1, -0.05) is 60.7 Å². The number of aliphatic carboxylic acids is 2. The molecule has 2 unspecified atom stereocenters. The topological polar surface area (TPSA) is 93.1 Å². The summed E-state index contributed by atoms with van der Waals surface area (Å²) < 4.78 is 9.60. The Kier molecular flexibility index (Phi) is 11.8. The van der Waals surface area contributed by atoms with E-state index in [9.17, 15) is 9.59 Å². The van der Waals surface area contributed by atoms with Crippen molar-refractivity contribution in [3.05, 3.63) is 71.8 Å². The number of hydrogen-bond acceptors (Lipinski definition) is 4. The van der Waals surface area contributed by atoms with Crippen molar-refractivity contribution in [1.29, 1.82) is 0 Å². The van der Waals surface area contributed by atoms with Crippen LogP contribution in [0, 0.1) is 0 Å². The van der Waals surface area contributed by atoms with Gasteiger partial charge in [0.15, 0.2) is 12.2 Å². The molecule has 0 bridgehead atoms. The van der Waals surface area contributed by atoms with Crippen LogP contribution in [0.4, 0.5) is 0 Å². The van der Waals surface area contributed by atoms with Crippen LogP contribution in [0.3, 0.4) is 0 Å². The number of rotatable bonds is 6. The number of methoxy groups -OCH3 is 2. The average molecular weight is 355 g/mol. The van der Waals surface area contributed by atoms with Crippen molar-refractivity contribution in [2.45, 2.75) is 12.2 Å². The second kappa shape index (κ2) is 12.6. The van der Waals surface area contributed by atoms with Crippen molar-refractivity contribution in [3.63, 3.8) is 0 Å². The van der Waals surface area contributed by atoms with E-state index in [-0.39, 0.29) is 29.6 Å². The van der Waals surface area contributed by atoms with Gasteiger partial charge < -0.3 is 19.7 Å². The fourth-order valence-corrected chi connectivity index (χ4v) is 2.01. The zero-order valence-corrected chi connectivity index (χ0v) is 16.5. The minimum atomic E-state index is -0.969. The third kappa shape index (κ3) is 7.81. The van der Waals surface area contributed by atoms with Crippen LogP contribution in [0.5, 0.6) is 0 Å². The fraction of sp³-hybridized carbons (Fsp3) is 0.222. The van der Waals surface area contributed by atoms with Crippen molar-refractivity contribution in [2.24, 2.45) is 0 Å². The van der Waals surface area contributed by atoms with Gasteiger partial charge in [0.2, 0.25) is 0 Å². The minimum absolute atomic E-state index is 0. The second-order valence-corrected chi connectivity index (χ2v) is 4.73. The molecule has 0 aromatic heterocycles. The van der Waals surface area contributed by atoms with Crippen LogP contribution in [0.2, 0.25) is 0 Å². The van der Waals surface area contributed by atoms with E-state index in [0.717, 1.165) is 0 Å². The number of carboxylic acids is 2. The Bertz CT molecular complexity index is 575. The summed E-state index contributed by atoms with van der Waals surface area (Å²) in [5.74, 6) is -1.94. The second-order valence-electron chi connectivity index (χ2n) is 4.73. The molecule has 0 saturated carbocycles. The van der Waals surface area contributed by atoms with E-state index in [1.54, 1.807) is 48.5 Å². The first-order valence-electron chi connectivity index (χ1n) is 7.12. The van der Waals surface area contributed by atoms with Crippen LogP contribution in [0.25, 0.3) is 0 Å². The third-order valence-electron chi connectivity index (χ3n) is 3.12. The molecule has 0 aliphatic carbocycles. The Morgan fingerprint density at radius 1 is 0.720 bits per heavy atom. The Hall–Kier alpha value is -1.70. The van der Waals surface area contributed by atoms with E-state index in [1.807, 2.05) is 12.1 Å². The molecule has 2 aromatic carbocycles. The normalized spacial score (nSPS) is 11.9. The van der Waals surface area contributed by atoms with Gasteiger partial charge in [-0.3, -0.25) is 0 Å². The summed E-state index contributed by atoms with van der Waals surface area (Å²) in [5, 5.41) is 17.4. The molecule has 0 aliphatic heterocycles. The zero-order chi connectivity index (χ0) is 17.9. The van der Waals surface area contributed by atoms with Gasteiger partial charge in [-0.05, 0) is 11.1 Å². The standard InChI is InChI=1S/2C9H10O3.Na/c2*1-12-8(9(10)11)7-5-3-2-4-6-7;/h2*2-6,8H,1H3,(H,10,11);/q;;+1. The molecule has 2 atom stereocenters. The quantitative estimate of drug-likeness (QED) is 0.704. The maximum Gasteiger partial charge on any atom is 1.00 e. The Morgan fingerprint density at radius 3 is 1.20 bits per heavy atom. The summed E-state index contributed by atoms with van der Waals surface area (Å²) in [6.45, 7) is 0. The van der Waals surface area contributed by atoms with Crippen molar-refractivity contribution in [3.8, 4) is 0 Å². The number of carboxylic acid groups (broad SMARTS) is 2. The molecule has 0 heterocycles. The van der Waals surface area contributed by atoms with E-state index in [1.165, 1.54) is 14.2 Å². The molecule has 0 amide bonds.